The second kappa shape index (κ2) is 7.93. The van der Waals surface area contributed by atoms with Crippen LogP contribution in [0.3, 0.4) is 0 Å². The molecule has 2 aromatic rings. The molecule has 10 heteroatoms. The summed E-state index contributed by atoms with van der Waals surface area (Å²) in [6.07, 6.45) is 5.12. The first-order chi connectivity index (χ1) is 16.0. The van der Waals surface area contributed by atoms with Crippen molar-refractivity contribution in [2.75, 3.05) is 0 Å². The van der Waals surface area contributed by atoms with Crippen LogP contribution in [-0.4, -0.2) is 29.7 Å². The summed E-state index contributed by atoms with van der Waals surface area (Å²) in [7, 11) is 0. The molecule has 1 saturated heterocycles. The van der Waals surface area contributed by atoms with Crippen molar-refractivity contribution in [3.8, 4) is 0 Å². The highest BCUT2D eigenvalue weighted by Crippen LogP contribution is 2.38. The number of rotatable bonds is 3. The maximum absolute atomic E-state index is 12.6. The summed E-state index contributed by atoms with van der Waals surface area (Å²) in [5.41, 5.74) is 2.54. The molecule has 0 aromatic carbocycles. The van der Waals surface area contributed by atoms with Crippen LogP contribution in [0, 0.1) is 6.92 Å². The lowest BCUT2D eigenvalue weighted by Crippen LogP contribution is -2.43. The number of aryl methyl sites for hydroxylation is 1. The highest BCUT2D eigenvalue weighted by molar-refractivity contribution is 7.95. The lowest BCUT2D eigenvalue weighted by molar-refractivity contribution is -0.133. The Kier molecular flexibility index (Phi) is 5.00. The summed E-state index contributed by atoms with van der Waals surface area (Å²) < 4.78 is 17.7. The first-order valence-corrected chi connectivity index (χ1v) is 12.6. The Morgan fingerprint density at radius 2 is 1.42 bits per heavy atom. The van der Waals surface area contributed by atoms with E-state index in [4.69, 9.17) is 9.47 Å². The van der Waals surface area contributed by atoms with Gasteiger partial charge in [0.2, 0.25) is 0 Å². The Morgan fingerprint density at radius 1 is 0.818 bits per heavy atom. The summed E-state index contributed by atoms with van der Waals surface area (Å²) in [6.45, 7) is 4.04. The van der Waals surface area contributed by atoms with Gasteiger partial charge >= 0.3 is 11.9 Å². The normalized spacial score (nSPS) is 26.5. The van der Waals surface area contributed by atoms with Crippen LogP contribution in [-0.2, 0) is 19.1 Å². The minimum Gasteiger partial charge on any atom is -0.421 e. The minimum absolute atomic E-state index is 0.0713. The largest absolute Gasteiger partial charge is 0.421 e. The topological polar surface area (TPSA) is 89.0 Å². The van der Waals surface area contributed by atoms with Gasteiger partial charge < -0.3 is 9.47 Å². The fourth-order valence-electron chi connectivity index (χ4n) is 3.96. The second-order valence-corrected chi connectivity index (χ2v) is 10.9. The number of nitrogens with one attached hydrogen (secondary N) is 2. The Labute approximate surface area is 201 Å². The molecule has 0 radical (unpaired) electrons. The Morgan fingerprint density at radius 3 is 2.09 bits per heavy atom. The molecule has 2 atom stereocenters. The zero-order valence-electron chi connectivity index (χ0n) is 17.5. The molecule has 6 rings (SSSR count). The van der Waals surface area contributed by atoms with Crippen molar-refractivity contribution >= 4 is 64.0 Å². The van der Waals surface area contributed by atoms with E-state index in [1.54, 1.807) is 12.2 Å². The third-order valence-corrected chi connectivity index (χ3v) is 8.55. The van der Waals surface area contributed by atoms with Crippen LogP contribution in [0.5, 0.6) is 0 Å². The summed E-state index contributed by atoms with van der Waals surface area (Å²) >= 11 is 4.50. The van der Waals surface area contributed by atoms with Crippen LogP contribution in [0.2, 0.25) is 0 Å². The highest BCUT2D eigenvalue weighted by atomic mass is 32.2. The van der Waals surface area contributed by atoms with Crippen molar-refractivity contribution in [3.05, 3.63) is 78.8 Å². The van der Waals surface area contributed by atoms with Crippen LogP contribution < -0.4 is 9.44 Å². The maximum Gasteiger partial charge on any atom is 0.344 e. The number of hydrogen-bond acceptors (Lipinski definition) is 10. The summed E-state index contributed by atoms with van der Waals surface area (Å²) in [5, 5.41) is 0. The number of nitrogens with zero attached hydrogens (tertiary/aromatic N) is 1. The molecule has 6 heterocycles. The molecule has 0 amide bonds. The Balaban J connectivity index is 1.32. The number of hydrogen-bond donors (Lipinski definition) is 2. The van der Waals surface area contributed by atoms with Gasteiger partial charge in [-0.2, -0.15) is 0 Å². The molecule has 166 valence electrons. The third kappa shape index (κ3) is 3.54. The Bertz CT molecular complexity index is 1370. The molecule has 4 aliphatic rings. The van der Waals surface area contributed by atoms with E-state index in [0.717, 1.165) is 25.2 Å². The van der Waals surface area contributed by atoms with Gasteiger partial charge in [0.15, 0.2) is 0 Å². The molecule has 0 spiro atoms. The molecule has 1 fully saturated rings. The number of carbonyl (C=O) groups excluding carboxylic acids is 2. The number of thiophene rings is 2. The molecule has 2 unspecified atom stereocenters. The van der Waals surface area contributed by atoms with Gasteiger partial charge in [0.25, 0.3) is 0 Å². The van der Waals surface area contributed by atoms with Crippen LogP contribution in [0.25, 0.3) is 11.5 Å². The van der Waals surface area contributed by atoms with Crippen LogP contribution in [0.15, 0.2) is 64.3 Å². The molecular weight excluding hydrogens is 478 g/mol. The van der Waals surface area contributed by atoms with E-state index in [2.05, 4.69) is 21.4 Å². The smallest absolute Gasteiger partial charge is 0.344 e. The Hall–Kier alpha value is -2.76. The van der Waals surface area contributed by atoms with Crippen molar-refractivity contribution in [2.24, 2.45) is 4.99 Å². The molecular formula is C23H17N3O4S3. The van der Waals surface area contributed by atoms with Gasteiger partial charge in [-0.1, -0.05) is 0 Å². The predicted molar refractivity (Wildman–Crippen MR) is 130 cm³/mol. The molecule has 7 nitrogen and oxygen atoms in total. The molecule has 4 aliphatic heterocycles. The van der Waals surface area contributed by atoms with Gasteiger partial charge in [-0.3, -0.25) is 4.99 Å². The van der Waals surface area contributed by atoms with Gasteiger partial charge in [-0.25, -0.2) is 19.0 Å². The van der Waals surface area contributed by atoms with Gasteiger partial charge in [0.05, 0.1) is 43.6 Å². The number of fused-ring (bicyclic) bond motifs is 1. The first-order valence-electron chi connectivity index (χ1n) is 10.2. The van der Waals surface area contributed by atoms with Gasteiger partial charge in [-0.15, -0.1) is 22.7 Å². The van der Waals surface area contributed by atoms with E-state index in [1.807, 2.05) is 37.4 Å². The number of ether oxygens (including phenoxy) is 2. The summed E-state index contributed by atoms with van der Waals surface area (Å²) in [5.74, 6) is -0.225. The van der Waals surface area contributed by atoms with E-state index in [1.165, 1.54) is 40.4 Å². The molecule has 0 saturated carbocycles. The fraction of sp³-hybridized carbons (Fsp3) is 0.174. The van der Waals surface area contributed by atoms with Gasteiger partial charge in [0, 0.05) is 23.2 Å². The molecule has 2 aromatic heterocycles. The molecule has 33 heavy (non-hydrogen) atoms. The van der Waals surface area contributed by atoms with Crippen LogP contribution in [0.1, 0.15) is 26.4 Å². The van der Waals surface area contributed by atoms with E-state index in [-0.39, 0.29) is 23.2 Å². The lowest BCUT2D eigenvalue weighted by atomic mass is 9.95. The lowest BCUT2D eigenvalue weighted by Gasteiger charge is -2.23. The van der Waals surface area contributed by atoms with Crippen molar-refractivity contribution in [2.45, 2.75) is 25.9 Å². The summed E-state index contributed by atoms with van der Waals surface area (Å²) in [6, 6.07) is 8.01. The van der Waals surface area contributed by atoms with Crippen LogP contribution in [0.4, 0.5) is 0 Å². The number of esters is 2. The van der Waals surface area contributed by atoms with E-state index in [9.17, 15) is 9.59 Å². The first kappa shape index (κ1) is 20.8. The zero-order valence-corrected chi connectivity index (χ0v) is 20.0. The number of cyclic esters (lactones) is 2. The average Bonchev–Trinajstić information content (AvgIpc) is 3.59. The summed E-state index contributed by atoms with van der Waals surface area (Å²) in [4.78, 5) is 33.5. The molecule has 0 aliphatic carbocycles. The highest BCUT2D eigenvalue weighted by Gasteiger charge is 2.37. The van der Waals surface area contributed by atoms with Crippen molar-refractivity contribution < 1.29 is 19.1 Å². The number of carbonyl (C=O) groups is 2. The third-order valence-electron chi connectivity index (χ3n) is 5.67. The van der Waals surface area contributed by atoms with E-state index < -0.39 is 11.9 Å². The van der Waals surface area contributed by atoms with Crippen molar-refractivity contribution in [1.29, 1.82) is 0 Å². The quantitative estimate of drug-likeness (QED) is 0.376. The second-order valence-electron chi connectivity index (χ2n) is 7.88. The van der Waals surface area contributed by atoms with E-state index in [0.29, 0.717) is 11.5 Å². The fourth-order valence-corrected chi connectivity index (χ4v) is 6.66. The SMILES string of the molecule is CC1=CN=C(c2ccc(C3=C/C(=C4/C=C(c5ccc(C)s5)OC4=O)C(=O)O3)s2)C2NSNC12. The minimum atomic E-state index is -0.557. The monoisotopic (exact) mass is 495 g/mol. The van der Waals surface area contributed by atoms with Crippen LogP contribution >= 0.6 is 34.8 Å². The van der Waals surface area contributed by atoms with Crippen molar-refractivity contribution in [3.63, 3.8) is 0 Å². The van der Waals surface area contributed by atoms with Gasteiger partial charge in [-0.05, 0) is 55.8 Å². The maximum atomic E-state index is 12.6. The standard InChI is InChI=1S/C23H17N3O4S3/c1-10-9-24-20(21-19(10)25-33-26-21)18-6-5-17(32-18)15-8-13(23(28)30-15)12-7-14(29-22(12)27)16-4-3-11(2)31-16/h3-9,19,21,25-26H,1-2H3/b13-12+. The zero-order chi connectivity index (χ0) is 22.7. The predicted octanol–water partition coefficient (Wildman–Crippen LogP) is 4.11. The van der Waals surface area contributed by atoms with Crippen molar-refractivity contribution in [1.82, 2.24) is 9.44 Å². The average molecular weight is 496 g/mol. The molecule has 2 N–H and O–H groups in total. The van der Waals surface area contributed by atoms with E-state index >= 15 is 0 Å². The molecule has 0 bridgehead atoms. The van der Waals surface area contributed by atoms with Gasteiger partial charge in [0.1, 0.15) is 11.5 Å². The number of aliphatic imine (C=N–C) groups is 1.